The molecule has 0 saturated heterocycles. The third kappa shape index (κ3) is 4.79. The first-order valence-electron chi connectivity index (χ1n) is 8.17. The third-order valence-corrected chi connectivity index (χ3v) is 3.68. The highest BCUT2D eigenvalue weighted by Crippen LogP contribution is 2.29. The van der Waals surface area contributed by atoms with Gasteiger partial charge in [0.2, 0.25) is 5.91 Å². The van der Waals surface area contributed by atoms with E-state index in [9.17, 15) is 9.59 Å². The highest BCUT2D eigenvalue weighted by molar-refractivity contribution is 6.32. The summed E-state index contributed by atoms with van der Waals surface area (Å²) < 4.78 is 10.9. The molecule has 2 rings (SSSR count). The summed E-state index contributed by atoms with van der Waals surface area (Å²) in [5, 5.41) is 2.85. The maximum Gasteiger partial charge on any atom is 0.394 e. The molecule has 5 nitrogen and oxygen atoms in total. The Kier molecular flexibility index (Phi) is 6.74. The van der Waals surface area contributed by atoms with E-state index in [0.29, 0.717) is 30.8 Å². The van der Waals surface area contributed by atoms with Gasteiger partial charge in [0.15, 0.2) is 0 Å². The van der Waals surface area contributed by atoms with Gasteiger partial charge >= 0.3 is 13.5 Å². The van der Waals surface area contributed by atoms with Gasteiger partial charge < -0.3 is 14.7 Å². The Hall–Kier alpha value is -2.42. The summed E-state index contributed by atoms with van der Waals surface area (Å²) in [6.45, 7) is 2.44. The molecule has 1 aliphatic rings. The van der Waals surface area contributed by atoms with Crippen molar-refractivity contribution < 1.29 is 19.0 Å². The van der Waals surface area contributed by atoms with Gasteiger partial charge in [0.1, 0.15) is 11.3 Å². The summed E-state index contributed by atoms with van der Waals surface area (Å²) in [5.74, 6) is 2.21. The van der Waals surface area contributed by atoms with E-state index in [4.69, 9.17) is 15.8 Å². The first-order valence-corrected chi connectivity index (χ1v) is 8.17. The third-order valence-electron chi connectivity index (χ3n) is 3.68. The second kappa shape index (κ2) is 9.02. The van der Waals surface area contributed by atoms with Crippen LogP contribution < -0.4 is 9.97 Å². The molecule has 1 unspecified atom stereocenters. The fraction of sp³-hybridized carbons (Fsp3) is 0.444. The Morgan fingerprint density at radius 3 is 3.08 bits per heavy atom. The molecular formula is C18H21BNO4. The van der Waals surface area contributed by atoms with Crippen LogP contribution in [0.3, 0.4) is 0 Å². The van der Waals surface area contributed by atoms with Crippen LogP contribution in [0.1, 0.15) is 48.5 Å². The lowest BCUT2D eigenvalue weighted by Crippen LogP contribution is -2.45. The number of rotatable bonds is 7. The highest BCUT2D eigenvalue weighted by atomic mass is 16.5. The standard InChI is InChI=1S/C18H21BNO4/c1-3-5-10-16(21)20-15-12-13-8-7-9-14(17(13)24-19-15)18(22)23-11-6-4-2/h1,7-9,15H,4-6,10-12H2,2H3,(H,20,21). The number of amides is 1. The van der Waals surface area contributed by atoms with Crippen molar-refractivity contribution in [3.8, 4) is 18.1 Å². The molecule has 1 aromatic rings. The average Bonchev–Trinajstić information content (AvgIpc) is 2.59. The van der Waals surface area contributed by atoms with Gasteiger partial charge in [-0.1, -0.05) is 25.5 Å². The second-order valence-corrected chi connectivity index (χ2v) is 5.62. The van der Waals surface area contributed by atoms with E-state index >= 15 is 0 Å². The lowest BCUT2D eigenvalue weighted by atomic mass is 9.79. The number of unbranched alkanes of at least 4 members (excludes halogenated alkanes) is 1. The zero-order valence-corrected chi connectivity index (χ0v) is 13.8. The van der Waals surface area contributed by atoms with Crippen LogP contribution >= 0.6 is 0 Å². The quantitative estimate of drug-likeness (QED) is 0.360. The molecule has 1 aliphatic heterocycles. The maximum atomic E-state index is 12.2. The summed E-state index contributed by atoms with van der Waals surface area (Å²) in [6, 6.07) is 5.36. The summed E-state index contributed by atoms with van der Waals surface area (Å²) in [4.78, 5) is 23.9. The molecule has 0 aliphatic carbocycles. The van der Waals surface area contributed by atoms with Crippen molar-refractivity contribution in [3.05, 3.63) is 29.3 Å². The number of benzene rings is 1. The molecule has 1 heterocycles. The fourth-order valence-electron chi connectivity index (χ4n) is 2.42. The first-order chi connectivity index (χ1) is 11.7. The minimum Gasteiger partial charge on any atom is -0.560 e. The monoisotopic (exact) mass is 326 g/mol. The lowest BCUT2D eigenvalue weighted by Gasteiger charge is -2.26. The minimum atomic E-state index is -0.384. The van der Waals surface area contributed by atoms with E-state index in [-0.39, 0.29) is 24.2 Å². The topological polar surface area (TPSA) is 64.6 Å². The van der Waals surface area contributed by atoms with Crippen molar-refractivity contribution in [1.29, 1.82) is 0 Å². The number of fused-ring (bicyclic) bond motifs is 1. The normalized spacial score (nSPS) is 15.2. The summed E-state index contributed by atoms with van der Waals surface area (Å²) in [7, 11) is 1.54. The van der Waals surface area contributed by atoms with E-state index in [1.165, 1.54) is 0 Å². The molecule has 1 N–H and O–H groups in total. The van der Waals surface area contributed by atoms with Crippen molar-refractivity contribution in [1.82, 2.24) is 5.32 Å². The molecule has 1 atom stereocenters. The van der Waals surface area contributed by atoms with Gasteiger partial charge in [0.05, 0.1) is 6.61 Å². The van der Waals surface area contributed by atoms with Crippen LogP contribution in [0.4, 0.5) is 0 Å². The van der Waals surface area contributed by atoms with Gasteiger partial charge in [-0.15, -0.1) is 12.3 Å². The molecule has 0 fully saturated rings. The molecule has 1 aromatic carbocycles. The molecule has 1 amide bonds. The zero-order chi connectivity index (χ0) is 17.4. The van der Waals surface area contributed by atoms with Crippen LogP contribution in [0.25, 0.3) is 0 Å². The van der Waals surface area contributed by atoms with E-state index in [2.05, 4.69) is 11.2 Å². The summed E-state index contributed by atoms with van der Waals surface area (Å²) in [5.41, 5.74) is 1.28. The Bertz CT molecular complexity index is 638. The van der Waals surface area contributed by atoms with Crippen LogP contribution in [0.2, 0.25) is 0 Å². The lowest BCUT2D eigenvalue weighted by molar-refractivity contribution is -0.121. The highest BCUT2D eigenvalue weighted by Gasteiger charge is 2.27. The Morgan fingerprint density at radius 1 is 1.50 bits per heavy atom. The molecular weight excluding hydrogens is 305 g/mol. The number of terminal acetylenes is 1. The van der Waals surface area contributed by atoms with E-state index in [1.54, 1.807) is 19.6 Å². The fourth-order valence-corrected chi connectivity index (χ4v) is 2.42. The largest absolute Gasteiger partial charge is 0.560 e. The summed E-state index contributed by atoms with van der Waals surface area (Å²) in [6.07, 6.45) is 8.21. The second-order valence-electron chi connectivity index (χ2n) is 5.62. The number of hydrogen-bond acceptors (Lipinski definition) is 4. The number of nitrogens with one attached hydrogen (secondary N) is 1. The number of carbonyl (C=O) groups excluding carboxylic acids is 2. The van der Waals surface area contributed by atoms with Gasteiger partial charge in [-0.3, -0.25) is 4.79 Å². The van der Waals surface area contributed by atoms with Crippen LogP contribution in [0, 0.1) is 12.3 Å². The molecule has 1 radical (unpaired) electrons. The van der Waals surface area contributed by atoms with Gasteiger partial charge in [0.25, 0.3) is 0 Å². The van der Waals surface area contributed by atoms with E-state index < -0.39 is 0 Å². The van der Waals surface area contributed by atoms with Crippen molar-refractivity contribution >= 4 is 19.4 Å². The predicted octanol–water partition coefficient (Wildman–Crippen LogP) is 2.05. The van der Waals surface area contributed by atoms with Crippen molar-refractivity contribution in [2.75, 3.05) is 6.61 Å². The minimum absolute atomic E-state index is 0.114. The number of para-hydroxylation sites is 1. The molecule has 125 valence electrons. The number of esters is 1. The Labute approximate surface area is 143 Å². The van der Waals surface area contributed by atoms with Gasteiger partial charge in [-0.25, -0.2) is 4.79 Å². The van der Waals surface area contributed by atoms with Gasteiger partial charge in [0, 0.05) is 18.8 Å². The van der Waals surface area contributed by atoms with E-state index in [0.717, 1.165) is 18.4 Å². The molecule has 6 heteroatoms. The van der Waals surface area contributed by atoms with Gasteiger partial charge in [-0.05, 0) is 24.5 Å². The average molecular weight is 326 g/mol. The number of ether oxygens (including phenoxy) is 1. The van der Waals surface area contributed by atoms with Crippen LogP contribution in [-0.2, 0) is 16.0 Å². The van der Waals surface area contributed by atoms with Gasteiger partial charge in [-0.2, -0.15) is 0 Å². The number of carbonyl (C=O) groups is 2. The van der Waals surface area contributed by atoms with Crippen LogP contribution in [0.15, 0.2) is 18.2 Å². The van der Waals surface area contributed by atoms with Crippen molar-refractivity contribution in [2.24, 2.45) is 0 Å². The molecule has 0 spiro atoms. The molecule has 0 aromatic heterocycles. The van der Waals surface area contributed by atoms with Crippen LogP contribution in [0.5, 0.6) is 5.75 Å². The molecule has 24 heavy (non-hydrogen) atoms. The number of hydrogen-bond donors (Lipinski definition) is 1. The maximum absolute atomic E-state index is 12.2. The summed E-state index contributed by atoms with van der Waals surface area (Å²) >= 11 is 0. The Balaban J connectivity index is 2.00. The molecule has 0 saturated carbocycles. The SMILES string of the molecule is C#CCCC(=O)NC1[B]Oc2c(cccc2C(=O)OCCCC)C1. The van der Waals surface area contributed by atoms with Crippen LogP contribution in [-0.4, -0.2) is 31.9 Å². The van der Waals surface area contributed by atoms with E-state index in [1.807, 2.05) is 13.0 Å². The van der Waals surface area contributed by atoms with Crippen molar-refractivity contribution in [2.45, 2.75) is 45.0 Å². The zero-order valence-electron chi connectivity index (χ0n) is 13.8. The smallest absolute Gasteiger partial charge is 0.394 e. The van der Waals surface area contributed by atoms with Crippen molar-refractivity contribution in [3.63, 3.8) is 0 Å². The first kappa shape index (κ1) is 17.9. The Morgan fingerprint density at radius 2 is 2.33 bits per heavy atom. The molecule has 0 bridgehead atoms. The predicted molar refractivity (Wildman–Crippen MR) is 91.7 cm³/mol.